The minimum Gasteiger partial charge on any atom is -0.478 e. The Labute approximate surface area is 230 Å². The van der Waals surface area contributed by atoms with Gasteiger partial charge in [-0.25, -0.2) is 4.98 Å². The van der Waals surface area contributed by atoms with E-state index in [1.54, 1.807) is 38.1 Å². The predicted octanol–water partition coefficient (Wildman–Crippen LogP) is 5.79. The van der Waals surface area contributed by atoms with E-state index in [0.29, 0.717) is 41.0 Å². The molecule has 12 heteroatoms. The molecule has 1 saturated heterocycles. The molecule has 0 saturated carbocycles. The van der Waals surface area contributed by atoms with Gasteiger partial charge in [-0.15, -0.1) is 0 Å². The number of aromatic nitrogens is 1. The number of benzene rings is 1. The van der Waals surface area contributed by atoms with Gasteiger partial charge >= 0.3 is 6.18 Å². The maximum Gasteiger partial charge on any atom is 0.405 e. The van der Waals surface area contributed by atoms with Crippen molar-refractivity contribution in [2.75, 3.05) is 18.0 Å². The molecule has 1 aliphatic rings. The SMILES string of the molecule is CCCC1CC(NC(=O)C(C)(C)Oc2ccc(Cl)c(Cl)c2)CCN1c1ccc(C(=O)NCC(F)(F)F)cn1. The summed E-state index contributed by atoms with van der Waals surface area (Å²) in [5, 5.41) is 5.67. The van der Waals surface area contributed by atoms with Gasteiger partial charge in [0.15, 0.2) is 5.60 Å². The van der Waals surface area contributed by atoms with Gasteiger partial charge in [-0.2, -0.15) is 13.2 Å². The number of ether oxygens (including phenoxy) is 1. The summed E-state index contributed by atoms with van der Waals surface area (Å²) in [6, 6.07) is 7.92. The fraction of sp³-hybridized carbons (Fsp3) is 0.500. The van der Waals surface area contributed by atoms with E-state index in [-0.39, 0.29) is 23.6 Å². The predicted molar refractivity (Wildman–Crippen MR) is 141 cm³/mol. The summed E-state index contributed by atoms with van der Waals surface area (Å²) in [5.74, 6) is -0.0352. The molecule has 1 aromatic carbocycles. The highest BCUT2D eigenvalue weighted by atomic mass is 35.5. The third-order valence-electron chi connectivity index (χ3n) is 6.24. The molecule has 2 aromatic rings. The van der Waals surface area contributed by atoms with E-state index in [0.717, 1.165) is 12.8 Å². The topological polar surface area (TPSA) is 83.6 Å². The number of carbonyl (C=O) groups excluding carboxylic acids is 2. The highest BCUT2D eigenvalue weighted by Gasteiger charge is 2.35. The van der Waals surface area contributed by atoms with Crippen LogP contribution in [0.25, 0.3) is 0 Å². The lowest BCUT2D eigenvalue weighted by Crippen LogP contribution is -2.55. The number of hydrogen-bond acceptors (Lipinski definition) is 5. The maximum absolute atomic E-state index is 13.1. The van der Waals surface area contributed by atoms with E-state index in [1.165, 1.54) is 12.3 Å². The summed E-state index contributed by atoms with van der Waals surface area (Å²) in [4.78, 5) is 31.5. The van der Waals surface area contributed by atoms with Crippen molar-refractivity contribution in [3.8, 4) is 5.75 Å². The number of pyridine rings is 1. The average Bonchev–Trinajstić information content (AvgIpc) is 2.85. The van der Waals surface area contributed by atoms with Crippen LogP contribution in [0.2, 0.25) is 10.0 Å². The Kier molecular flexibility index (Phi) is 9.75. The van der Waals surface area contributed by atoms with Crippen LogP contribution < -0.4 is 20.3 Å². The molecule has 2 N–H and O–H groups in total. The first kappa shape index (κ1) is 29.8. The molecule has 2 heterocycles. The zero-order valence-corrected chi connectivity index (χ0v) is 22.9. The number of nitrogens with one attached hydrogen (secondary N) is 2. The van der Waals surface area contributed by atoms with Crippen LogP contribution in [0.4, 0.5) is 19.0 Å². The zero-order chi connectivity index (χ0) is 28.1. The van der Waals surface area contributed by atoms with Gasteiger partial charge in [-0.3, -0.25) is 9.59 Å². The lowest BCUT2D eigenvalue weighted by Gasteiger charge is -2.41. The number of hydrogen-bond donors (Lipinski definition) is 2. The third-order valence-corrected chi connectivity index (χ3v) is 6.98. The Morgan fingerprint density at radius 1 is 1.16 bits per heavy atom. The lowest BCUT2D eigenvalue weighted by atomic mass is 9.93. The minimum absolute atomic E-state index is 0.0522. The fourth-order valence-electron chi connectivity index (χ4n) is 4.30. The smallest absolute Gasteiger partial charge is 0.405 e. The molecular formula is C26H31Cl2F3N4O3. The monoisotopic (exact) mass is 574 g/mol. The molecule has 0 spiro atoms. The van der Waals surface area contributed by atoms with Gasteiger partial charge in [0.25, 0.3) is 11.8 Å². The number of piperidine rings is 1. The summed E-state index contributed by atoms with van der Waals surface area (Å²) < 4.78 is 43.0. The summed E-state index contributed by atoms with van der Waals surface area (Å²) in [7, 11) is 0. The second-order valence-electron chi connectivity index (χ2n) is 9.72. The molecule has 0 aliphatic carbocycles. The number of alkyl halides is 3. The van der Waals surface area contributed by atoms with Crippen molar-refractivity contribution in [1.82, 2.24) is 15.6 Å². The fourth-order valence-corrected chi connectivity index (χ4v) is 4.59. The number of rotatable bonds is 9. The number of anilines is 1. The first-order valence-corrected chi connectivity index (χ1v) is 13.1. The molecule has 38 heavy (non-hydrogen) atoms. The van der Waals surface area contributed by atoms with Crippen molar-refractivity contribution in [3.63, 3.8) is 0 Å². The van der Waals surface area contributed by atoms with Crippen LogP contribution >= 0.6 is 23.2 Å². The van der Waals surface area contributed by atoms with Gasteiger partial charge in [0, 0.05) is 30.9 Å². The number of amides is 2. The normalized spacial score (nSPS) is 18.2. The van der Waals surface area contributed by atoms with Gasteiger partial charge in [0.1, 0.15) is 18.1 Å². The molecule has 1 aromatic heterocycles. The minimum atomic E-state index is -4.49. The van der Waals surface area contributed by atoms with Gasteiger partial charge in [0.05, 0.1) is 15.6 Å². The Morgan fingerprint density at radius 2 is 1.89 bits per heavy atom. The van der Waals surface area contributed by atoms with Gasteiger partial charge < -0.3 is 20.3 Å². The Bertz CT molecular complexity index is 1130. The number of carbonyl (C=O) groups is 2. The van der Waals surface area contributed by atoms with Gasteiger partial charge in [-0.05, 0) is 57.4 Å². The van der Waals surface area contributed by atoms with Crippen LogP contribution in [0.1, 0.15) is 56.8 Å². The molecule has 208 valence electrons. The van der Waals surface area contributed by atoms with E-state index in [1.807, 2.05) is 5.32 Å². The van der Waals surface area contributed by atoms with E-state index in [9.17, 15) is 22.8 Å². The molecule has 1 aliphatic heterocycles. The molecule has 2 amide bonds. The highest BCUT2D eigenvalue weighted by molar-refractivity contribution is 6.42. The third kappa shape index (κ3) is 8.14. The lowest BCUT2D eigenvalue weighted by molar-refractivity contribution is -0.135. The molecule has 7 nitrogen and oxygen atoms in total. The van der Waals surface area contributed by atoms with Crippen LogP contribution in [-0.2, 0) is 4.79 Å². The molecule has 2 unspecified atom stereocenters. The summed E-state index contributed by atoms with van der Waals surface area (Å²) in [5.41, 5.74) is -1.10. The van der Waals surface area contributed by atoms with Crippen molar-refractivity contribution in [2.24, 2.45) is 0 Å². The van der Waals surface area contributed by atoms with E-state index in [2.05, 4.69) is 22.1 Å². The van der Waals surface area contributed by atoms with E-state index < -0.39 is 24.2 Å². The van der Waals surface area contributed by atoms with Crippen LogP contribution in [0.15, 0.2) is 36.5 Å². The molecule has 3 rings (SSSR count). The first-order valence-electron chi connectivity index (χ1n) is 12.3. The molecule has 0 radical (unpaired) electrons. The zero-order valence-electron chi connectivity index (χ0n) is 21.4. The van der Waals surface area contributed by atoms with Crippen LogP contribution in [0.3, 0.4) is 0 Å². The largest absolute Gasteiger partial charge is 0.478 e. The summed E-state index contributed by atoms with van der Waals surface area (Å²) in [6.07, 6.45) is -0.110. The van der Waals surface area contributed by atoms with Crippen molar-refractivity contribution in [2.45, 2.75) is 70.3 Å². The van der Waals surface area contributed by atoms with Crippen molar-refractivity contribution < 1.29 is 27.5 Å². The van der Waals surface area contributed by atoms with Gasteiger partial charge in [0.2, 0.25) is 0 Å². The summed E-state index contributed by atoms with van der Waals surface area (Å²) >= 11 is 12.0. The van der Waals surface area contributed by atoms with Gasteiger partial charge in [-0.1, -0.05) is 36.5 Å². The Morgan fingerprint density at radius 3 is 2.50 bits per heavy atom. The van der Waals surface area contributed by atoms with Crippen molar-refractivity contribution >= 4 is 40.8 Å². The Hall–Kier alpha value is -2.72. The Balaban J connectivity index is 1.62. The van der Waals surface area contributed by atoms with E-state index in [4.69, 9.17) is 27.9 Å². The van der Waals surface area contributed by atoms with Crippen molar-refractivity contribution in [3.05, 3.63) is 52.1 Å². The summed E-state index contributed by atoms with van der Waals surface area (Å²) in [6.45, 7) is 4.63. The first-order chi connectivity index (χ1) is 17.8. The average molecular weight is 575 g/mol. The molecular weight excluding hydrogens is 544 g/mol. The van der Waals surface area contributed by atoms with Crippen LogP contribution in [-0.4, -0.2) is 53.7 Å². The second kappa shape index (κ2) is 12.4. The second-order valence-corrected chi connectivity index (χ2v) is 10.5. The van der Waals surface area contributed by atoms with E-state index >= 15 is 0 Å². The molecule has 2 atom stereocenters. The quantitative estimate of drug-likeness (QED) is 0.396. The molecule has 1 fully saturated rings. The van der Waals surface area contributed by atoms with Crippen LogP contribution in [0, 0.1) is 0 Å². The highest BCUT2D eigenvalue weighted by Crippen LogP contribution is 2.30. The number of halogens is 5. The standard InChI is InChI=1S/C26H31Cl2F3N4O3/c1-4-5-18-12-17(34-24(37)25(2,3)38-19-7-8-20(27)21(28)13-19)10-11-35(18)22-9-6-16(14-32-22)23(36)33-15-26(29,30)31/h6-9,13-14,17-18H,4-5,10-12,15H2,1-3H3,(H,33,36)(H,34,37). The van der Waals surface area contributed by atoms with Crippen molar-refractivity contribution in [1.29, 1.82) is 0 Å². The van der Waals surface area contributed by atoms with Crippen LogP contribution in [0.5, 0.6) is 5.75 Å². The number of nitrogens with zero attached hydrogens (tertiary/aromatic N) is 2. The maximum atomic E-state index is 13.1. The molecule has 0 bridgehead atoms.